The maximum Gasteiger partial charge on any atom is 0.416 e. The maximum atomic E-state index is 13.9. The zero-order valence-corrected chi connectivity index (χ0v) is 13.9. The Balaban J connectivity index is 1.84. The number of benzene rings is 2. The highest BCUT2D eigenvalue weighted by molar-refractivity contribution is 6.10. The van der Waals surface area contributed by atoms with Gasteiger partial charge in [-0.05, 0) is 48.5 Å². The number of carbonyl (C=O) groups is 2. The number of hydrogen-bond acceptors (Lipinski definition) is 2. The Hall–Kier alpha value is -3.49. The van der Waals surface area contributed by atoms with Crippen LogP contribution < -0.4 is 5.32 Å². The molecule has 28 heavy (non-hydrogen) atoms. The van der Waals surface area contributed by atoms with Gasteiger partial charge in [-0.3, -0.25) is 9.59 Å². The number of anilines is 1. The highest BCUT2D eigenvalue weighted by Crippen LogP contribution is 2.31. The van der Waals surface area contributed by atoms with Crippen molar-refractivity contribution in [3.63, 3.8) is 0 Å². The van der Waals surface area contributed by atoms with Crippen molar-refractivity contribution in [1.29, 1.82) is 0 Å². The number of nitrogens with one attached hydrogen (secondary N) is 2. The van der Waals surface area contributed by atoms with Crippen LogP contribution in [0.2, 0.25) is 0 Å². The molecule has 4 nitrogen and oxygen atoms in total. The molecule has 0 saturated heterocycles. The molecule has 0 radical (unpaired) electrons. The van der Waals surface area contributed by atoms with Gasteiger partial charge in [-0.2, -0.15) is 13.2 Å². The summed E-state index contributed by atoms with van der Waals surface area (Å²) in [6.45, 7) is 0. The van der Waals surface area contributed by atoms with Crippen molar-refractivity contribution >= 4 is 17.4 Å². The molecule has 3 aromatic rings. The van der Waals surface area contributed by atoms with Gasteiger partial charge in [0.2, 0.25) is 5.78 Å². The van der Waals surface area contributed by atoms with Gasteiger partial charge >= 0.3 is 6.18 Å². The predicted molar refractivity (Wildman–Crippen MR) is 90.0 cm³/mol. The Morgan fingerprint density at radius 2 is 1.61 bits per heavy atom. The zero-order chi connectivity index (χ0) is 20.5. The first-order chi connectivity index (χ1) is 13.1. The van der Waals surface area contributed by atoms with E-state index in [0.717, 1.165) is 12.1 Å². The largest absolute Gasteiger partial charge is 0.416 e. The fraction of sp³-hybridized carbons (Fsp3) is 0.0526. The number of carbonyl (C=O) groups excluding carboxylic acids is 2. The average Bonchev–Trinajstić information content (AvgIpc) is 3.11. The molecule has 144 valence electrons. The maximum absolute atomic E-state index is 13.9. The normalized spacial score (nSPS) is 11.3. The molecule has 1 aromatic heterocycles. The minimum Gasteiger partial charge on any atom is -0.348 e. The van der Waals surface area contributed by atoms with Crippen molar-refractivity contribution in [3.05, 3.63) is 88.7 Å². The lowest BCUT2D eigenvalue weighted by molar-refractivity contribution is -0.137. The molecule has 0 aliphatic rings. The number of alkyl halides is 3. The minimum absolute atomic E-state index is 0.111. The molecule has 0 fully saturated rings. The van der Waals surface area contributed by atoms with E-state index in [1.165, 1.54) is 24.3 Å². The fourth-order valence-corrected chi connectivity index (χ4v) is 2.45. The fourth-order valence-electron chi connectivity index (χ4n) is 2.45. The quantitative estimate of drug-likeness (QED) is 0.494. The Morgan fingerprint density at radius 1 is 0.893 bits per heavy atom. The topological polar surface area (TPSA) is 62.0 Å². The van der Waals surface area contributed by atoms with E-state index in [2.05, 4.69) is 10.3 Å². The van der Waals surface area contributed by atoms with Gasteiger partial charge in [0.25, 0.3) is 5.91 Å². The molecule has 1 heterocycles. The Bertz CT molecular complexity index is 1060. The summed E-state index contributed by atoms with van der Waals surface area (Å²) in [5.41, 5.74) is -2.18. The first kappa shape index (κ1) is 19.3. The summed E-state index contributed by atoms with van der Waals surface area (Å²) in [6, 6.07) is 8.91. The van der Waals surface area contributed by atoms with Crippen LogP contribution in [0.15, 0.2) is 54.6 Å². The molecule has 0 aliphatic heterocycles. The Kier molecular flexibility index (Phi) is 5.00. The SMILES string of the molecule is O=C(Nc1cccc(F)c1)c1ccc(C(=O)c2cc(C(F)(F)F)ccc2F)[nH]1. The molecule has 0 bridgehead atoms. The van der Waals surface area contributed by atoms with E-state index in [0.29, 0.717) is 18.2 Å². The summed E-state index contributed by atoms with van der Waals surface area (Å²) in [5, 5.41) is 2.39. The lowest BCUT2D eigenvalue weighted by Crippen LogP contribution is -2.14. The summed E-state index contributed by atoms with van der Waals surface area (Å²) < 4.78 is 65.4. The van der Waals surface area contributed by atoms with Crippen molar-refractivity contribution in [2.75, 3.05) is 5.32 Å². The summed E-state index contributed by atoms with van der Waals surface area (Å²) in [6.07, 6.45) is -4.74. The van der Waals surface area contributed by atoms with Crippen LogP contribution in [0.1, 0.15) is 32.1 Å². The number of ketones is 1. The lowest BCUT2D eigenvalue weighted by Gasteiger charge is -2.09. The minimum atomic E-state index is -4.74. The molecule has 1 amide bonds. The summed E-state index contributed by atoms with van der Waals surface area (Å²) in [7, 11) is 0. The number of amides is 1. The number of aromatic nitrogens is 1. The van der Waals surface area contributed by atoms with Crippen molar-refractivity contribution < 1.29 is 31.5 Å². The molecule has 9 heteroatoms. The molecule has 3 rings (SSSR count). The van der Waals surface area contributed by atoms with E-state index >= 15 is 0 Å². The molecule has 2 aromatic carbocycles. The van der Waals surface area contributed by atoms with Crippen LogP contribution >= 0.6 is 0 Å². The molecule has 0 atom stereocenters. The smallest absolute Gasteiger partial charge is 0.348 e. The number of hydrogen-bond donors (Lipinski definition) is 2. The second kappa shape index (κ2) is 7.26. The van der Waals surface area contributed by atoms with Crippen LogP contribution in [0, 0.1) is 11.6 Å². The number of halogens is 5. The van der Waals surface area contributed by atoms with E-state index in [-0.39, 0.29) is 17.1 Å². The van der Waals surface area contributed by atoms with Crippen molar-refractivity contribution in [3.8, 4) is 0 Å². The van der Waals surface area contributed by atoms with Crippen LogP contribution in [0.3, 0.4) is 0 Å². The van der Waals surface area contributed by atoms with Crippen LogP contribution in [-0.4, -0.2) is 16.7 Å². The number of rotatable bonds is 4. The zero-order valence-electron chi connectivity index (χ0n) is 13.9. The number of H-pyrrole nitrogens is 1. The number of aromatic amines is 1. The third-order valence-corrected chi connectivity index (χ3v) is 3.80. The van der Waals surface area contributed by atoms with Crippen molar-refractivity contribution in [2.24, 2.45) is 0 Å². The predicted octanol–water partition coefficient (Wildman–Crippen LogP) is 4.80. The van der Waals surface area contributed by atoms with Gasteiger partial charge in [0.05, 0.1) is 16.8 Å². The second-order valence-corrected chi connectivity index (χ2v) is 5.77. The van der Waals surface area contributed by atoms with Crippen LogP contribution in [0.5, 0.6) is 0 Å². The van der Waals surface area contributed by atoms with E-state index < -0.39 is 40.6 Å². The molecular weight excluding hydrogens is 383 g/mol. The third kappa shape index (κ3) is 4.08. The third-order valence-electron chi connectivity index (χ3n) is 3.80. The van der Waals surface area contributed by atoms with Crippen molar-refractivity contribution in [1.82, 2.24) is 4.98 Å². The Labute approximate surface area is 155 Å². The summed E-state index contributed by atoms with van der Waals surface area (Å²) in [4.78, 5) is 26.9. The van der Waals surface area contributed by atoms with E-state index in [9.17, 15) is 31.5 Å². The first-order valence-electron chi connectivity index (χ1n) is 7.82. The molecule has 0 aliphatic carbocycles. The molecule has 0 saturated carbocycles. The average molecular weight is 394 g/mol. The Morgan fingerprint density at radius 3 is 2.29 bits per heavy atom. The van der Waals surface area contributed by atoms with E-state index in [1.807, 2.05) is 0 Å². The summed E-state index contributed by atoms with van der Waals surface area (Å²) in [5.74, 6) is -3.46. The molecule has 2 N–H and O–H groups in total. The summed E-state index contributed by atoms with van der Waals surface area (Å²) >= 11 is 0. The van der Waals surface area contributed by atoms with Gasteiger partial charge in [0, 0.05) is 5.69 Å². The van der Waals surface area contributed by atoms with E-state index in [4.69, 9.17) is 0 Å². The molecule has 0 spiro atoms. The highest BCUT2D eigenvalue weighted by Gasteiger charge is 2.32. The van der Waals surface area contributed by atoms with Gasteiger partial charge in [0.1, 0.15) is 17.3 Å². The molecular formula is C19H11F5N2O2. The monoisotopic (exact) mass is 394 g/mol. The lowest BCUT2D eigenvalue weighted by atomic mass is 10.0. The standard InChI is InChI=1S/C19H11F5N2O2/c20-11-2-1-3-12(9-11)25-18(28)16-7-6-15(26-16)17(27)13-8-10(19(22,23)24)4-5-14(13)21/h1-9,26H,(H,25,28). The highest BCUT2D eigenvalue weighted by atomic mass is 19.4. The van der Waals surface area contributed by atoms with Gasteiger partial charge in [0.15, 0.2) is 0 Å². The van der Waals surface area contributed by atoms with Crippen LogP contribution in [-0.2, 0) is 6.18 Å². The van der Waals surface area contributed by atoms with E-state index in [1.54, 1.807) is 0 Å². The van der Waals surface area contributed by atoms with Gasteiger partial charge in [-0.25, -0.2) is 8.78 Å². The van der Waals surface area contributed by atoms with Gasteiger partial charge in [-0.1, -0.05) is 6.07 Å². The van der Waals surface area contributed by atoms with Gasteiger partial charge < -0.3 is 10.3 Å². The van der Waals surface area contributed by atoms with Crippen LogP contribution in [0.25, 0.3) is 0 Å². The van der Waals surface area contributed by atoms with Crippen LogP contribution in [0.4, 0.5) is 27.6 Å². The van der Waals surface area contributed by atoms with Crippen molar-refractivity contribution in [2.45, 2.75) is 6.18 Å². The second-order valence-electron chi connectivity index (χ2n) is 5.77. The van der Waals surface area contributed by atoms with Gasteiger partial charge in [-0.15, -0.1) is 0 Å². The first-order valence-corrected chi connectivity index (χ1v) is 7.82. The molecule has 0 unspecified atom stereocenters.